The molecular formula is C10H8Cl2O2. The van der Waals surface area contributed by atoms with Crippen molar-refractivity contribution in [1.29, 1.82) is 0 Å². The molecule has 0 amide bonds. The van der Waals surface area contributed by atoms with Crippen molar-refractivity contribution < 1.29 is 9.90 Å². The van der Waals surface area contributed by atoms with Crippen molar-refractivity contribution in [1.82, 2.24) is 0 Å². The molecule has 0 unspecified atom stereocenters. The Morgan fingerprint density at radius 2 is 1.64 bits per heavy atom. The zero-order chi connectivity index (χ0) is 10.3. The van der Waals surface area contributed by atoms with Crippen LogP contribution in [0.5, 0.6) is 0 Å². The van der Waals surface area contributed by atoms with Crippen LogP contribution in [0.25, 0.3) is 0 Å². The Kier molecular flexibility index (Phi) is 2.41. The Balaban J connectivity index is 2.36. The van der Waals surface area contributed by atoms with Gasteiger partial charge in [-0.25, -0.2) is 0 Å². The number of aliphatic carboxylic acids is 1. The number of benzene rings is 1. The van der Waals surface area contributed by atoms with Gasteiger partial charge in [0.25, 0.3) is 0 Å². The molecule has 14 heavy (non-hydrogen) atoms. The van der Waals surface area contributed by atoms with Gasteiger partial charge in [-0.15, -0.1) is 0 Å². The van der Waals surface area contributed by atoms with Gasteiger partial charge in [0.1, 0.15) is 0 Å². The lowest BCUT2D eigenvalue weighted by Gasteiger charge is -2.00. The normalized spacial score (nSPS) is 15.6. The summed E-state index contributed by atoms with van der Waals surface area (Å²) in [5, 5.41) is 9.85. The molecule has 1 aromatic rings. The van der Waals surface area contributed by atoms with Gasteiger partial charge in [-0.1, -0.05) is 23.2 Å². The first-order valence-electron chi connectivity index (χ1n) is 4.27. The van der Waals surface area contributed by atoms with Crippen LogP contribution in [0, 0.1) is 5.92 Å². The Bertz CT molecular complexity index is 370. The topological polar surface area (TPSA) is 37.3 Å². The number of carboxylic acids is 1. The van der Waals surface area contributed by atoms with Gasteiger partial charge in [-0.3, -0.25) is 4.79 Å². The molecule has 2 rings (SSSR count). The molecule has 2 nitrogen and oxygen atoms in total. The molecule has 4 heteroatoms. The summed E-state index contributed by atoms with van der Waals surface area (Å²) in [4.78, 5) is 10.8. The van der Waals surface area contributed by atoms with Gasteiger partial charge in [0.2, 0.25) is 0 Å². The van der Waals surface area contributed by atoms with E-state index in [9.17, 15) is 4.79 Å². The van der Waals surface area contributed by atoms with Gasteiger partial charge < -0.3 is 5.11 Å². The van der Waals surface area contributed by atoms with Crippen molar-refractivity contribution >= 4 is 29.2 Å². The van der Waals surface area contributed by atoms with E-state index in [1.54, 1.807) is 12.1 Å². The predicted molar refractivity (Wildman–Crippen MR) is 55.0 cm³/mol. The van der Waals surface area contributed by atoms with Crippen molar-refractivity contribution in [3.05, 3.63) is 33.3 Å². The van der Waals surface area contributed by atoms with Crippen LogP contribution in [0.3, 0.4) is 0 Å². The molecule has 74 valence electrons. The highest BCUT2D eigenvalue weighted by molar-refractivity contribution is 6.42. The molecule has 0 spiro atoms. The molecule has 1 N–H and O–H groups in total. The van der Waals surface area contributed by atoms with Gasteiger partial charge >= 0.3 is 5.97 Å². The summed E-state index contributed by atoms with van der Waals surface area (Å²) < 4.78 is 0. The third-order valence-corrected chi connectivity index (χ3v) is 3.25. The Morgan fingerprint density at radius 3 is 2.00 bits per heavy atom. The van der Waals surface area contributed by atoms with Gasteiger partial charge in [-0.05, 0) is 36.1 Å². The summed E-state index contributed by atoms with van der Waals surface area (Å²) in [5.41, 5.74) is 2.01. The number of rotatable bonds is 1. The second kappa shape index (κ2) is 3.44. The van der Waals surface area contributed by atoms with E-state index in [0.29, 0.717) is 22.9 Å². The summed E-state index contributed by atoms with van der Waals surface area (Å²) in [7, 11) is 0. The van der Waals surface area contributed by atoms with E-state index in [1.807, 2.05) is 0 Å². The number of hydrogen-bond donors (Lipinski definition) is 1. The second-order valence-corrected chi connectivity index (χ2v) is 4.29. The lowest BCUT2D eigenvalue weighted by Crippen LogP contribution is -2.12. The number of carboxylic acid groups (broad SMARTS) is 1. The molecule has 0 atom stereocenters. The number of fused-ring (bicyclic) bond motifs is 1. The first kappa shape index (κ1) is 9.81. The molecule has 0 radical (unpaired) electrons. The summed E-state index contributed by atoms with van der Waals surface area (Å²) in [6, 6.07) is 3.53. The largest absolute Gasteiger partial charge is 0.481 e. The van der Waals surface area contributed by atoms with Crippen molar-refractivity contribution in [2.24, 2.45) is 5.92 Å². The molecule has 0 fully saturated rings. The van der Waals surface area contributed by atoms with Gasteiger partial charge in [0, 0.05) is 0 Å². The van der Waals surface area contributed by atoms with Crippen LogP contribution in [-0.4, -0.2) is 11.1 Å². The summed E-state index contributed by atoms with van der Waals surface area (Å²) in [6.07, 6.45) is 1.11. The van der Waals surface area contributed by atoms with Crippen LogP contribution >= 0.6 is 23.2 Å². The van der Waals surface area contributed by atoms with Crippen molar-refractivity contribution in [2.45, 2.75) is 12.8 Å². The molecule has 1 aliphatic carbocycles. The summed E-state index contributed by atoms with van der Waals surface area (Å²) in [6.45, 7) is 0. The average Bonchev–Trinajstić information content (AvgIpc) is 2.48. The SMILES string of the molecule is O=C(O)C1Cc2cc(Cl)c(Cl)cc2C1. The van der Waals surface area contributed by atoms with E-state index >= 15 is 0 Å². The van der Waals surface area contributed by atoms with Crippen LogP contribution in [0.2, 0.25) is 10.0 Å². The fourth-order valence-corrected chi connectivity index (χ4v) is 2.16. The zero-order valence-corrected chi connectivity index (χ0v) is 8.77. The van der Waals surface area contributed by atoms with Crippen LogP contribution in [0.4, 0.5) is 0 Å². The van der Waals surface area contributed by atoms with Crippen molar-refractivity contribution in [3.63, 3.8) is 0 Å². The lowest BCUT2D eigenvalue weighted by molar-refractivity contribution is -0.141. The maximum absolute atomic E-state index is 10.8. The van der Waals surface area contributed by atoms with Gasteiger partial charge in [0.05, 0.1) is 16.0 Å². The molecule has 0 bridgehead atoms. The third kappa shape index (κ3) is 1.60. The minimum atomic E-state index is -0.756. The Labute approximate surface area is 91.4 Å². The highest BCUT2D eigenvalue weighted by Gasteiger charge is 2.27. The van der Waals surface area contributed by atoms with E-state index in [2.05, 4.69) is 0 Å². The smallest absolute Gasteiger partial charge is 0.307 e. The first-order valence-corrected chi connectivity index (χ1v) is 5.03. The minimum absolute atomic E-state index is 0.320. The first-order chi connectivity index (χ1) is 6.58. The fourth-order valence-electron chi connectivity index (χ4n) is 1.79. The monoisotopic (exact) mass is 230 g/mol. The molecule has 0 heterocycles. The predicted octanol–water partition coefficient (Wildman–Crippen LogP) is 2.79. The third-order valence-electron chi connectivity index (χ3n) is 2.52. The molecular weight excluding hydrogens is 223 g/mol. The quantitative estimate of drug-likeness (QED) is 0.806. The highest BCUT2D eigenvalue weighted by atomic mass is 35.5. The van der Waals surface area contributed by atoms with Crippen LogP contribution in [0.15, 0.2) is 12.1 Å². The minimum Gasteiger partial charge on any atom is -0.481 e. The molecule has 0 saturated heterocycles. The highest BCUT2D eigenvalue weighted by Crippen LogP contribution is 2.33. The Morgan fingerprint density at radius 1 is 1.21 bits per heavy atom. The second-order valence-electron chi connectivity index (χ2n) is 3.48. The van der Waals surface area contributed by atoms with Gasteiger partial charge in [-0.2, -0.15) is 0 Å². The average molecular weight is 231 g/mol. The zero-order valence-electron chi connectivity index (χ0n) is 7.26. The Hall–Kier alpha value is -0.730. The number of carbonyl (C=O) groups is 1. The molecule has 0 aliphatic heterocycles. The number of halogens is 2. The maximum Gasteiger partial charge on any atom is 0.307 e. The van der Waals surface area contributed by atoms with E-state index < -0.39 is 5.97 Å². The van der Waals surface area contributed by atoms with E-state index in [1.165, 1.54) is 0 Å². The fraction of sp³-hybridized carbons (Fsp3) is 0.300. The van der Waals surface area contributed by atoms with Crippen LogP contribution < -0.4 is 0 Å². The molecule has 0 aromatic heterocycles. The van der Waals surface area contributed by atoms with Gasteiger partial charge in [0.15, 0.2) is 0 Å². The van der Waals surface area contributed by atoms with E-state index in [4.69, 9.17) is 28.3 Å². The maximum atomic E-state index is 10.8. The summed E-state index contributed by atoms with van der Waals surface area (Å²) >= 11 is 11.7. The van der Waals surface area contributed by atoms with E-state index in [0.717, 1.165) is 11.1 Å². The van der Waals surface area contributed by atoms with Crippen molar-refractivity contribution in [2.75, 3.05) is 0 Å². The lowest BCUT2D eigenvalue weighted by atomic mass is 10.1. The molecule has 1 aliphatic rings. The van der Waals surface area contributed by atoms with Crippen molar-refractivity contribution in [3.8, 4) is 0 Å². The summed E-state index contributed by atoms with van der Waals surface area (Å²) in [5.74, 6) is -1.08. The standard InChI is InChI=1S/C10H8Cl2O2/c11-8-3-5-1-7(10(13)14)2-6(5)4-9(8)12/h3-4,7H,1-2H2,(H,13,14). The molecule has 1 aromatic carbocycles. The molecule has 0 saturated carbocycles. The van der Waals surface area contributed by atoms with E-state index in [-0.39, 0.29) is 5.92 Å². The van der Waals surface area contributed by atoms with Crippen LogP contribution in [0.1, 0.15) is 11.1 Å². The number of hydrogen-bond acceptors (Lipinski definition) is 1. The van der Waals surface area contributed by atoms with Crippen LogP contribution in [-0.2, 0) is 17.6 Å².